The third kappa shape index (κ3) is 7.16. The molecule has 3 rings (SSSR count). The number of ether oxygens (including phenoxy) is 1. The van der Waals surface area contributed by atoms with Gasteiger partial charge in [0.15, 0.2) is 0 Å². The summed E-state index contributed by atoms with van der Waals surface area (Å²) in [5.41, 5.74) is 2.67. The summed E-state index contributed by atoms with van der Waals surface area (Å²) in [5.74, 6) is 0.429. The average Bonchev–Trinajstić information content (AvgIpc) is 2.77. The number of hydrogen-bond acceptors (Lipinski definition) is 4. The zero-order valence-electron chi connectivity index (χ0n) is 18.6. The second kappa shape index (κ2) is 10.5. The summed E-state index contributed by atoms with van der Waals surface area (Å²) >= 11 is 0. The number of rotatable bonds is 8. The molecule has 3 aromatic rings. The number of carbonyl (C=O) groups excluding carboxylic acids is 2. The van der Waals surface area contributed by atoms with Crippen LogP contribution in [0.1, 0.15) is 26.3 Å². The Morgan fingerprint density at radius 2 is 1.44 bits per heavy atom. The molecule has 0 saturated heterocycles. The molecule has 32 heavy (non-hydrogen) atoms. The third-order valence-corrected chi connectivity index (χ3v) is 4.62. The molecule has 3 N–H and O–H groups in total. The Morgan fingerprint density at radius 3 is 2.16 bits per heavy atom. The first kappa shape index (κ1) is 22.9. The van der Waals surface area contributed by atoms with E-state index >= 15 is 0 Å². The summed E-state index contributed by atoms with van der Waals surface area (Å²) in [4.78, 5) is 24.5. The number of hydrogen-bond donors (Lipinski definition) is 3. The van der Waals surface area contributed by atoms with E-state index in [9.17, 15) is 9.59 Å². The van der Waals surface area contributed by atoms with Crippen LogP contribution in [0.2, 0.25) is 0 Å². The van der Waals surface area contributed by atoms with Crippen molar-refractivity contribution >= 4 is 28.9 Å². The molecule has 0 bridgehead atoms. The first-order valence-corrected chi connectivity index (χ1v) is 10.5. The van der Waals surface area contributed by atoms with Gasteiger partial charge in [0, 0.05) is 28.5 Å². The molecule has 0 aliphatic heterocycles. The monoisotopic (exact) mass is 431 g/mol. The van der Waals surface area contributed by atoms with Crippen LogP contribution in [0.4, 0.5) is 17.1 Å². The van der Waals surface area contributed by atoms with Crippen LogP contribution in [0.3, 0.4) is 0 Å². The third-order valence-electron chi connectivity index (χ3n) is 4.62. The number of benzene rings is 3. The molecule has 0 heterocycles. The highest BCUT2D eigenvalue weighted by Crippen LogP contribution is 2.21. The minimum absolute atomic E-state index is 0.0678. The molecule has 6 nitrogen and oxygen atoms in total. The lowest BCUT2D eigenvalue weighted by molar-refractivity contribution is -0.123. The predicted octanol–water partition coefficient (Wildman–Crippen LogP) is 5.30. The maximum absolute atomic E-state index is 12.4. The van der Waals surface area contributed by atoms with E-state index in [2.05, 4.69) is 16.0 Å². The van der Waals surface area contributed by atoms with E-state index in [0.717, 1.165) is 11.3 Å². The second-order valence-corrected chi connectivity index (χ2v) is 8.49. The molecular formula is C26H29N3O3. The van der Waals surface area contributed by atoms with Crippen molar-refractivity contribution in [1.82, 2.24) is 0 Å². The van der Waals surface area contributed by atoms with E-state index in [1.807, 2.05) is 87.5 Å². The van der Waals surface area contributed by atoms with Crippen molar-refractivity contribution in [3.05, 3.63) is 84.4 Å². The fourth-order valence-electron chi connectivity index (χ4n) is 2.82. The van der Waals surface area contributed by atoms with Crippen molar-refractivity contribution in [3.63, 3.8) is 0 Å². The van der Waals surface area contributed by atoms with Crippen LogP contribution in [0.5, 0.6) is 5.75 Å². The van der Waals surface area contributed by atoms with E-state index in [-0.39, 0.29) is 18.4 Å². The zero-order chi connectivity index (χ0) is 23.0. The van der Waals surface area contributed by atoms with Gasteiger partial charge in [0.25, 0.3) is 0 Å². The SMILES string of the molecule is CC(C)(C)C(=O)Nc1cccc(NCC(=O)Nc2cccc(OCc3ccccc3)c2)c1. The summed E-state index contributed by atoms with van der Waals surface area (Å²) < 4.78 is 5.81. The second-order valence-electron chi connectivity index (χ2n) is 8.49. The van der Waals surface area contributed by atoms with Crippen molar-refractivity contribution in [3.8, 4) is 5.75 Å². The van der Waals surface area contributed by atoms with Crippen LogP contribution in [0.25, 0.3) is 0 Å². The fourth-order valence-corrected chi connectivity index (χ4v) is 2.82. The number of nitrogens with one attached hydrogen (secondary N) is 3. The van der Waals surface area contributed by atoms with Gasteiger partial charge in [-0.25, -0.2) is 0 Å². The standard InChI is InChI=1S/C26H29N3O3/c1-26(2,3)25(31)29-21-12-7-11-20(15-21)27-17-24(30)28-22-13-8-14-23(16-22)32-18-19-9-5-4-6-10-19/h4-16,27H,17-18H2,1-3H3,(H,28,30)(H,29,31). The normalized spacial score (nSPS) is 10.8. The molecule has 2 amide bonds. The van der Waals surface area contributed by atoms with Gasteiger partial charge in [-0.05, 0) is 35.9 Å². The van der Waals surface area contributed by atoms with Crippen molar-refractivity contribution in [2.75, 3.05) is 22.5 Å². The topological polar surface area (TPSA) is 79.5 Å². The van der Waals surface area contributed by atoms with Crippen molar-refractivity contribution in [2.45, 2.75) is 27.4 Å². The van der Waals surface area contributed by atoms with Crippen LogP contribution in [0.15, 0.2) is 78.9 Å². The van der Waals surface area contributed by atoms with Gasteiger partial charge < -0.3 is 20.7 Å². The highest BCUT2D eigenvalue weighted by molar-refractivity contribution is 5.95. The Morgan fingerprint density at radius 1 is 0.781 bits per heavy atom. The summed E-state index contributed by atoms with van der Waals surface area (Å²) in [6.45, 7) is 6.12. The van der Waals surface area contributed by atoms with Gasteiger partial charge >= 0.3 is 0 Å². The quantitative estimate of drug-likeness (QED) is 0.452. The van der Waals surface area contributed by atoms with E-state index in [1.165, 1.54) is 0 Å². The number of anilines is 3. The van der Waals surface area contributed by atoms with E-state index in [1.54, 1.807) is 12.1 Å². The molecule has 0 atom stereocenters. The molecule has 0 aromatic heterocycles. The Hall–Kier alpha value is -3.80. The molecule has 0 saturated carbocycles. The summed E-state index contributed by atoms with van der Waals surface area (Å²) in [7, 11) is 0. The Balaban J connectivity index is 1.51. The van der Waals surface area contributed by atoms with Crippen molar-refractivity contribution in [2.24, 2.45) is 5.41 Å². The zero-order valence-corrected chi connectivity index (χ0v) is 18.6. The summed E-state index contributed by atoms with van der Waals surface area (Å²) in [6, 6.07) is 24.5. The van der Waals surface area contributed by atoms with Gasteiger partial charge in [-0.1, -0.05) is 63.2 Å². The molecule has 6 heteroatoms. The lowest BCUT2D eigenvalue weighted by Gasteiger charge is -2.18. The summed E-state index contributed by atoms with van der Waals surface area (Å²) in [5, 5.41) is 8.84. The predicted molar refractivity (Wildman–Crippen MR) is 129 cm³/mol. The van der Waals surface area contributed by atoms with Gasteiger partial charge in [-0.3, -0.25) is 9.59 Å². The number of amides is 2. The van der Waals surface area contributed by atoms with Crippen LogP contribution in [-0.4, -0.2) is 18.4 Å². The van der Waals surface area contributed by atoms with Crippen LogP contribution >= 0.6 is 0 Å². The van der Waals surface area contributed by atoms with E-state index < -0.39 is 5.41 Å². The highest BCUT2D eigenvalue weighted by Gasteiger charge is 2.21. The smallest absolute Gasteiger partial charge is 0.243 e. The first-order chi connectivity index (χ1) is 15.3. The Labute approximate surface area is 189 Å². The molecule has 3 aromatic carbocycles. The molecule has 0 unspecified atom stereocenters. The molecule has 0 aliphatic rings. The van der Waals surface area contributed by atoms with Gasteiger partial charge in [0.2, 0.25) is 11.8 Å². The van der Waals surface area contributed by atoms with Gasteiger partial charge in [0.1, 0.15) is 12.4 Å². The van der Waals surface area contributed by atoms with Crippen molar-refractivity contribution < 1.29 is 14.3 Å². The maximum atomic E-state index is 12.4. The number of carbonyl (C=O) groups is 2. The lowest BCUT2D eigenvalue weighted by Crippen LogP contribution is -2.27. The van der Waals surface area contributed by atoms with Gasteiger partial charge in [-0.15, -0.1) is 0 Å². The van der Waals surface area contributed by atoms with Crippen LogP contribution in [0, 0.1) is 5.41 Å². The summed E-state index contributed by atoms with van der Waals surface area (Å²) in [6.07, 6.45) is 0. The van der Waals surface area contributed by atoms with Crippen LogP contribution < -0.4 is 20.7 Å². The van der Waals surface area contributed by atoms with Crippen molar-refractivity contribution in [1.29, 1.82) is 0 Å². The molecule has 166 valence electrons. The molecule has 0 spiro atoms. The van der Waals surface area contributed by atoms with Gasteiger partial charge in [-0.2, -0.15) is 0 Å². The minimum Gasteiger partial charge on any atom is -0.489 e. The molecule has 0 aliphatic carbocycles. The van der Waals surface area contributed by atoms with Crippen LogP contribution in [-0.2, 0) is 16.2 Å². The van der Waals surface area contributed by atoms with E-state index in [0.29, 0.717) is 23.7 Å². The molecule has 0 radical (unpaired) electrons. The van der Waals surface area contributed by atoms with Gasteiger partial charge in [0.05, 0.1) is 6.54 Å². The molecule has 0 fully saturated rings. The average molecular weight is 432 g/mol. The maximum Gasteiger partial charge on any atom is 0.243 e. The molecular weight excluding hydrogens is 402 g/mol. The highest BCUT2D eigenvalue weighted by atomic mass is 16.5. The minimum atomic E-state index is -0.483. The first-order valence-electron chi connectivity index (χ1n) is 10.5. The largest absolute Gasteiger partial charge is 0.489 e. The Kier molecular flexibility index (Phi) is 7.49. The Bertz CT molecular complexity index is 1060. The fraction of sp³-hybridized carbons (Fsp3) is 0.231. The lowest BCUT2D eigenvalue weighted by atomic mass is 9.95. The van der Waals surface area contributed by atoms with E-state index in [4.69, 9.17) is 4.74 Å².